The molecule has 0 saturated heterocycles. The lowest BCUT2D eigenvalue weighted by Crippen LogP contribution is -2.37. The minimum atomic E-state index is -0.132. The maximum Gasteiger partial charge on any atom is 0.268 e. The standard InChI is InChI=1S/C10H7N3O/c14-9-6-13-5-7-3-1-2-4-8(7)11-10(13)12-9/h1-5H,6H2. The zero-order chi connectivity index (χ0) is 9.54. The monoisotopic (exact) mass is 185 g/mol. The highest BCUT2D eigenvalue weighted by molar-refractivity contribution is 6.03. The van der Waals surface area contributed by atoms with Crippen molar-refractivity contribution in [2.24, 2.45) is 9.98 Å². The quantitative estimate of drug-likeness (QED) is 0.534. The number of guanidine groups is 1. The van der Waals surface area contributed by atoms with Gasteiger partial charge >= 0.3 is 0 Å². The van der Waals surface area contributed by atoms with E-state index in [0.717, 1.165) is 10.6 Å². The second-order valence-corrected chi connectivity index (χ2v) is 3.23. The summed E-state index contributed by atoms with van der Waals surface area (Å²) in [6, 6.07) is 7.75. The Labute approximate surface area is 79.9 Å². The smallest absolute Gasteiger partial charge is 0.268 e. The van der Waals surface area contributed by atoms with E-state index in [4.69, 9.17) is 0 Å². The average molecular weight is 185 g/mol. The third kappa shape index (κ3) is 0.970. The molecule has 0 spiro atoms. The van der Waals surface area contributed by atoms with Crippen molar-refractivity contribution in [2.45, 2.75) is 0 Å². The van der Waals surface area contributed by atoms with Crippen molar-refractivity contribution in [3.05, 3.63) is 34.8 Å². The minimum absolute atomic E-state index is 0.132. The number of aliphatic imine (C=N–C) groups is 1. The summed E-state index contributed by atoms with van der Waals surface area (Å²) in [5.41, 5.74) is 0. The predicted molar refractivity (Wildman–Crippen MR) is 50.8 cm³/mol. The number of rotatable bonds is 0. The fourth-order valence-electron chi connectivity index (χ4n) is 1.59. The summed E-state index contributed by atoms with van der Waals surface area (Å²) in [6.07, 6.45) is 1.91. The van der Waals surface area contributed by atoms with Gasteiger partial charge in [-0.3, -0.25) is 4.79 Å². The second kappa shape index (κ2) is 2.51. The molecular weight excluding hydrogens is 178 g/mol. The van der Waals surface area contributed by atoms with Gasteiger partial charge in [-0.25, -0.2) is 4.99 Å². The van der Waals surface area contributed by atoms with E-state index in [9.17, 15) is 4.79 Å². The fraction of sp³-hybridized carbons (Fsp3) is 0.100. The number of carbonyl (C=O) groups excluding carboxylic acids is 1. The molecule has 4 heteroatoms. The number of fused-ring (bicyclic) bond motifs is 2. The van der Waals surface area contributed by atoms with E-state index < -0.39 is 0 Å². The van der Waals surface area contributed by atoms with Crippen molar-refractivity contribution >= 4 is 18.1 Å². The molecule has 1 aromatic rings. The van der Waals surface area contributed by atoms with Crippen LogP contribution in [0.2, 0.25) is 0 Å². The first-order valence-corrected chi connectivity index (χ1v) is 4.37. The Kier molecular flexibility index (Phi) is 1.33. The number of para-hydroxylation sites is 1. The molecule has 0 N–H and O–H groups in total. The van der Waals surface area contributed by atoms with E-state index in [1.165, 1.54) is 0 Å². The van der Waals surface area contributed by atoms with Crippen LogP contribution in [0.1, 0.15) is 0 Å². The van der Waals surface area contributed by atoms with Gasteiger partial charge in [0.2, 0.25) is 5.96 Å². The number of carbonyl (C=O) groups is 1. The maximum absolute atomic E-state index is 11.1. The van der Waals surface area contributed by atoms with Gasteiger partial charge in [-0.05, 0) is 6.07 Å². The highest BCUT2D eigenvalue weighted by Gasteiger charge is 2.22. The molecule has 0 aromatic heterocycles. The average Bonchev–Trinajstić information content (AvgIpc) is 2.53. The molecule has 0 saturated carbocycles. The van der Waals surface area contributed by atoms with Gasteiger partial charge in [-0.1, -0.05) is 18.2 Å². The van der Waals surface area contributed by atoms with Gasteiger partial charge in [0.05, 0.1) is 5.36 Å². The molecule has 0 fully saturated rings. The molecule has 4 nitrogen and oxygen atoms in total. The van der Waals surface area contributed by atoms with Gasteiger partial charge in [0.25, 0.3) is 5.91 Å². The van der Waals surface area contributed by atoms with Gasteiger partial charge in [-0.2, -0.15) is 4.99 Å². The molecule has 0 atom stereocenters. The summed E-state index contributed by atoms with van der Waals surface area (Å²) >= 11 is 0. The zero-order valence-corrected chi connectivity index (χ0v) is 7.34. The Bertz CT molecular complexity index is 559. The van der Waals surface area contributed by atoms with E-state index in [2.05, 4.69) is 9.98 Å². The van der Waals surface area contributed by atoms with E-state index >= 15 is 0 Å². The van der Waals surface area contributed by atoms with Crippen LogP contribution in [-0.2, 0) is 4.79 Å². The number of nitrogens with zero attached hydrogens (tertiary/aromatic N) is 3. The van der Waals surface area contributed by atoms with Crippen molar-refractivity contribution < 1.29 is 4.79 Å². The van der Waals surface area contributed by atoms with Crippen molar-refractivity contribution in [1.29, 1.82) is 0 Å². The summed E-state index contributed by atoms with van der Waals surface area (Å²) in [4.78, 5) is 20.9. The molecule has 14 heavy (non-hydrogen) atoms. The number of benzene rings is 1. The first-order chi connectivity index (χ1) is 6.83. The Morgan fingerprint density at radius 3 is 3.00 bits per heavy atom. The van der Waals surface area contributed by atoms with Crippen LogP contribution in [0.15, 0.2) is 34.3 Å². The zero-order valence-electron chi connectivity index (χ0n) is 7.34. The van der Waals surface area contributed by atoms with Crippen LogP contribution >= 0.6 is 0 Å². The minimum Gasteiger partial charge on any atom is -0.307 e. The van der Waals surface area contributed by atoms with Crippen LogP contribution in [0.3, 0.4) is 0 Å². The summed E-state index contributed by atoms with van der Waals surface area (Å²) in [5.74, 6) is 0.376. The van der Waals surface area contributed by atoms with E-state index in [-0.39, 0.29) is 5.91 Å². The molecule has 2 aliphatic heterocycles. The van der Waals surface area contributed by atoms with Crippen LogP contribution < -0.4 is 10.6 Å². The van der Waals surface area contributed by atoms with Crippen molar-refractivity contribution in [1.82, 2.24) is 4.90 Å². The van der Waals surface area contributed by atoms with E-state index in [1.54, 1.807) is 4.90 Å². The SMILES string of the molecule is O=C1CN2C=c3ccccc3=NC2=N1. The van der Waals surface area contributed by atoms with Gasteiger partial charge < -0.3 is 4.90 Å². The number of hydrogen-bond acceptors (Lipinski definition) is 3. The van der Waals surface area contributed by atoms with Gasteiger partial charge in [-0.15, -0.1) is 0 Å². The summed E-state index contributed by atoms with van der Waals surface area (Å²) in [7, 11) is 0. The Hall–Kier alpha value is -1.97. The third-order valence-corrected chi connectivity index (χ3v) is 2.24. The van der Waals surface area contributed by atoms with E-state index in [0.29, 0.717) is 12.5 Å². The van der Waals surface area contributed by atoms with Crippen LogP contribution in [0.5, 0.6) is 0 Å². The number of hydrogen-bond donors (Lipinski definition) is 0. The molecule has 2 aliphatic rings. The first-order valence-electron chi connectivity index (χ1n) is 4.37. The molecule has 0 bridgehead atoms. The van der Waals surface area contributed by atoms with Crippen molar-refractivity contribution in [3.8, 4) is 0 Å². The summed E-state index contributed by atoms with van der Waals surface area (Å²) in [5, 5.41) is 1.90. The molecule has 2 heterocycles. The Balaban J connectivity index is 2.30. The summed E-state index contributed by atoms with van der Waals surface area (Å²) < 4.78 is 0. The Morgan fingerprint density at radius 2 is 2.07 bits per heavy atom. The number of amides is 1. The lowest BCUT2D eigenvalue weighted by Gasteiger charge is -2.13. The first kappa shape index (κ1) is 7.44. The normalized spacial score (nSPS) is 17.9. The topological polar surface area (TPSA) is 45.0 Å². The highest BCUT2D eigenvalue weighted by atomic mass is 16.2. The highest BCUT2D eigenvalue weighted by Crippen LogP contribution is 2.05. The third-order valence-electron chi connectivity index (χ3n) is 2.24. The van der Waals surface area contributed by atoms with Gasteiger partial charge in [0.15, 0.2) is 0 Å². The van der Waals surface area contributed by atoms with Crippen LogP contribution in [0.4, 0.5) is 0 Å². The molecule has 3 rings (SSSR count). The van der Waals surface area contributed by atoms with E-state index in [1.807, 2.05) is 30.5 Å². The molecule has 0 aliphatic carbocycles. The van der Waals surface area contributed by atoms with Gasteiger partial charge in [0, 0.05) is 11.4 Å². The fourth-order valence-corrected chi connectivity index (χ4v) is 1.59. The Morgan fingerprint density at radius 1 is 1.21 bits per heavy atom. The van der Waals surface area contributed by atoms with Crippen molar-refractivity contribution in [3.63, 3.8) is 0 Å². The molecule has 1 aromatic carbocycles. The lowest BCUT2D eigenvalue weighted by atomic mass is 10.3. The maximum atomic E-state index is 11.1. The van der Waals surface area contributed by atoms with Gasteiger partial charge in [0.1, 0.15) is 6.54 Å². The largest absolute Gasteiger partial charge is 0.307 e. The van der Waals surface area contributed by atoms with Crippen LogP contribution in [-0.4, -0.2) is 23.3 Å². The predicted octanol–water partition coefficient (Wildman–Crippen LogP) is -0.744. The lowest BCUT2D eigenvalue weighted by molar-refractivity contribution is -0.116. The molecule has 1 amide bonds. The molecule has 0 radical (unpaired) electrons. The molecule has 68 valence electrons. The summed E-state index contributed by atoms with van der Waals surface area (Å²) in [6.45, 7) is 0.313. The van der Waals surface area contributed by atoms with Crippen LogP contribution in [0, 0.1) is 0 Å². The van der Waals surface area contributed by atoms with Crippen molar-refractivity contribution in [2.75, 3.05) is 6.54 Å². The molecule has 0 unspecified atom stereocenters. The second-order valence-electron chi connectivity index (χ2n) is 3.23. The van der Waals surface area contributed by atoms with Crippen LogP contribution in [0.25, 0.3) is 6.20 Å². The molecular formula is C10H7N3O.